The van der Waals surface area contributed by atoms with E-state index in [-0.39, 0.29) is 18.9 Å². The van der Waals surface area contributed by atoms with Crippen molar-refractivity contribution < 1.29 is 33.4 Å². The molecule has 2 heterocycles. The molecule has 144 valence electrons. The van der Waals surface area contributed by atoms with Crippen LogP contribution in [0.25, 0.3) is 0 Å². The molecule has 1 saturated heterocycles. The average molecular weight is 377 g/mol. The van der Waals surface area contributed by atoms with Crippen molar-refractivity contribution in [3.05, 3.63) is 18.2 Å². The van der Waals surface area contributed by atoms with Gasteiger partial charge in [-0.1, -0.05) is 0 Å². The summed E-state index contributed by atoms with van der Waals surface area (Å²) in [5.41, 5.74) is 0.594. The number of benzene rings is 1. The molecule has 0 aromatic heterocycles. The lowest BCUT2D eigenvalue weighted by atomic mass is 10.1. The molecule has 0 spiro atoms. The monoisotopic (exact) mass is 377 g/mol. The summed E-state index contributed by atoms with van der Waals surface area (Å²) in [6.45, 7) is 0.434. The van der Waals surface area contributed by atoms with Gasteiger partial charge in [0.2, 0.25) is 5.91 Å². The third-order valence-corrected chi connectivity index (χ3v) is 4.12. The second kappa shape index (κ2) is 7.94. The van der Waals surface area contributed by atoms with Crippen molar-refractivity contribution in [3.8, 4) is 11.5 Å². The van der Waals surface area contributed by atoms with E-state index in [1.54, 1.807) is 18.2 Å². The minimum Gasteiger partial charge on any atom is -0.486 e. The van der Waals surface area contributed by atoms with Crippen LogP contribution in [-0.4, -0.2) is 57.2 Å². The zero-order valence-electron chi connectivity index (χ0n) is 14.6. The second-order valence-electron chi connectivity index (χ2n) is 5.97. The van der Waals surface area contributed by atoms with Crippen LogP contribution < -0.4 is 25.0 Å². The molecule has 2 aliphatic heterocycles. The van der Waals surface area contributed by atoms with Crippen LogP contribution in [0.5, 0.6) is 11.5 Å². The molecule has 1 atom stereocenters. The van der Waals surface area contributed by atoms with Gasteiger partial charge in [-0.3, -0.25) is 19.7 Å². The normalized spacial score (nSPS) is 18.0. The Kier molecular flexibility index (Phi) is 5.43. The molecule has 0 unspecified atom stereocenters. The van der Waals surface area contributed by atoms with Gasteiger partial charge in [-0.25, -0.2) is 4.79 Å². The summed E-state index contributed by atoms with van der Waals surface area (Å²) in [6.07, 6.45) is -0.0235. The van der Waals surface area contributed by atoms with Crippen LogP contribution in [0.1, 0.15) is 6.42 Å². The van der Waals surface area contributed by atoms with Crippen molar-refractivity contribution in [2.75, 3.05) is 38.3 Å². The number of anilines is 1. The van der Waals surface area contributed by atoms with Crippen LogP contribution in [0.15, 0.2) is 18.2 Å². The molecule has 2 aliphatic rings. The first-order valence-corrected chi connectivity index (χ1v) is 8.36. The molecule has 0 saturated carbocycles. The molecule has 1 fully saturated rings. The van der Waals surface area contributed by atoms with Crippen LogP contribution in [0.4, 0.5) is 10.5 Å². The largest absolute Gasteiger partial charge is 0.486 e. The number of carbonyl (C=O) groups excluding carboxylic acids is 4. The van der Waals surface area contributed by atoms with Crippen LogP contribution in [0, 0.1) is 5.92 Å². The van der Waals surface area contributed by atoms with Gasteiger partial charge in [-0.05, 0) is 12.1 Å². The van der Waals surface area contributed by atoms with Crippen molar-refractivity contribution in [2.45, 2.75) is 6.42 Å². The van der Waals surface area contributed by atoms with E-state index >= 15 is 0 Å². The lowest BCUT2D eigenvalue weighted by molar-refractivity contribution is -0.152. The summed E-state index contributed by atoms with van der Waals surface area (Å²) in [5, 5.41) is 4.19. The average Bonchev–Trinajstić information content (AvgIpc) is 3.07. The van der Waals surface area contributed by atoms with Gasteiger partial charge in [0, 0.05) is 31.8 Å². The highest BCUT2D eigenvalue weighted by Crippen LogP contribution is 2.36. The lowest BCUT2D eigenvalue weighted by Gasteiger charge is -2.22. The molecule has 0 bridgehead atoms. The Bertz CT molecular complexity index is 780. The predicted octanol–water partition coefficient (Wildman–Crippen LogP) is -0.190. The molecule has 0 aliphatic carbocycles. The SMILES string of the molecule is CNC(=O)NC(=O)COC(=O)[C@@H]1CC(=O)N(c2ccc3c(c2)OCCO3)C1. The van der Waals surface area contributed by atoms with E-state index < -0.39 is 30.4 Å². The molecular weight excluding hydrogens is 358 g/mol. The van der Waals surface area contributed by atoms with E-state index in [0.29, 0.717) is 30.4 Å². The van der Waals surface area contributed by atoms with Crippen LogP contribution in [-0.2, 0) is 19.1 Å². The highest BCUT2D eigenvalue weighted by Gasteiger charge is 2.36. The zero-order valence-corrected chi connectivity index (χ0v) is 14.6. The number of nitrogens with zero attached hydrogens (tertiary/aromatic N) is 1. The number of fused-ring (bicyclic) bond motifs is 1. The zero-order chi connectivity index (χ0) is 19.4. The predicted molar refractivity (Wildman–Crippen MR) is 91.4 cm³/mol. The summed E-state index contributed by atoms with van der Waals surface area (Å²) in [7, 11) is 1.35. The Labute approximate surface area is 154 Å². The first kappa shape index (κ1) is 18.5. The number of ether oxygens (including phenoxy) is 3. The number of amides is 4. The number of imide groups is 1. The summed E-state index contributed by atoms with van der Waals surface area (Å²) < 4.78 is 15.9. The fourth-order valence-corrected chi connectivity index (χ4v) is 2.79. The number of rotatable bonds is 4. The van der Waals surface area contributed by atoms with Crippen molar-refractivity contribution in [1.82, 2.24) is 10.6 Å². The maximum Gasteiger partial charge on any atom is 0.321 e. The molecule has 27 heavy (non-hydrogen) atoms. The molecular formula is C17H19N3O7. The van der Waals surface area contributed by atoms with Gasteiger partial charge < -0.3 is 24.4 Å². The van der Waals surface area contributed by atoms with E-state index in [1.807, 2.05) is 5.32 Å². The molecule has 10 heteroatoms. The fraction of sp³-hybridized carbons (Fsp3) is 0.412. The Morgan fingerprint density at radius 2 is 1.96 bits per heavy atom. The molecule has 4 amide bonds. The van der Waals surface area contributed by atoms with Crippen molar-refractivity contribution in [1.29, 1.82) is 0 Å². The minimum atomic E-state index is -0.754. The summed E-state index contributed by atoms with van der Waals surface area (Å²) >= 11 is 0. The third-order valence-electron chi connectivity index (χ3n) is 4.12. The first-order chi connectivity index (χ1) is 13.0. The van der Waals surface area contributed by atoms with E-state index in [9.17, 15) is 19.2 Å². The highest BCUT2D eigenvalue weighted by atomic mass is 16.6. The molecule has 3 rings (SSSR count). The summed E-state index contributed by atoms with van der Waals surface area (Å²) in [6, 6.07) is 4.43. The van der Waals surface area contributed by atoms with Crippen LogP contribution >= 0.6 is 0 Å². The number of hydrogen-bond acceptors (Lipinski definition) is 7. The van der Waals surface area contributed by atoms with Gasteiger partial charge in [0.15, 0.2) is 18.1 Å². The summed E-state index contributed by atoms with van der Waals surface area (Å²) in [4.78, 5) is 48.4. The minimum absolute atomic E-state index is 0.0235. The van der Waals surface area contributed by atoms with Crippen LogP contribution in [0.2, 0.25) is 0 Å². The van der Waals surface area contributed by atoms with Crippen molar-refractivity contribution in [2.24, 2.45) is 5.92 Å². The molecule has 2 N–H and O–H groups in total. The van der Waals surface area contributed by atoms with Gasteiger partial charge in [0.05, 0.1) is 5.92 Å². The second-order valence-corrected chi connectivity index (χ2v) is 5.97. The Morgan fingerprint density at radius 1 is 1.22 bits per heavy atom. The van der Waals surface area contributed by atoms with Crippen LogP contribution in [0.3, 0.4) is 0 Å². The van der Waals surface area contributed by atoms with Crippen molar-refractivity contribution in [3.63, 3.8) is 0 Å². The lowest BCUT2D eigenvalue weighted by Crippen LogP contribution is -2.40. The van der Waals surface area contributed by atoms with Gasteiger partial charge in [0.1, 0.15) is 13.2 Å². The van der Waals surface area contributed by atoms with E-state index in [4.69, 9.17) is 14.2 Å². The quantitative estimate of drug-likeness (QED) is 0.697. The summed E-state index contributed by atoms with van der Waals surface area (Å²) in [5.74, 6) is -1.20. The molecule has 1 aromatic carbocycles. The van der Waals surface area contributed by atoms with Gasteiger partial charge in [0.25, 0.3) is 5.91 Å². The number of urea groups is 1. The topological polar surface area (TPSA) is 123 Å². The Balaban J connectivity index is 1.57. The molecule has 1 aromatic rings. The van der Waals surface area contributed by atoms with Gasteiger partial charge in [-0.15, -0.1) is 0 Å². The maximum absolute atomic E-state index is 12.3. The third kappa shape index (κ3) is 4.27. The number of esters is 1. The number of carbonyl (C=O) groups is 4. The van der Waals surface area contributed by atoms with Crippen molar-refractivity contribution >= 4 is 29.5 Å². The van der Waals surface area contributed by atoms with E-state index in [0.717, 1.165) is 0 Å². The highest BCUT2D eigenvalue weighted by molar-refractivity contribution is 6.00. The Morgan fingerprint density at radius 3 is 2.70 bits per heavy atom. The smallest absolute Gasteiger partial charge is 0.321 e. The van der Waals surface area contributed by atoms with E-state index in [1.165, 1.54) is 11.9 Å². The van der Waals surface area contributed by atoms with Gasteiger partial charge >= 0.3 is 12.0 Å². The number of hydrogen-bond donors (Lipinski definition) is 2. The standard InChI is InChI=1S/C17H19N3O7/c1-18-17(24)19-14(21)9-27-16(23)10-6-15(22)20(8-10)11-2-3-12-13(7-11)26-5-4-25-12/h2-3,7,10H,4-6,8-9H2,1H3,(H2,18,19,21,24)/t10-/m1/s1. The van der Waals surface area contributed by atoms with E-state index in [2.05, 4.69) is 5.32 Å². The van der Waals surface area contributed by atoms with Gasteiger partial charge in [-0.2, -0.15) is 0 Å². The molecule has 10 nitrogen and oxygen atoms in total. The Hall–Kier alpha value is -3.30. The first-order valence-electron chi connectivity index (χ1n) is 8.36. The maximum atomic E-state index is 12.3. The fourth-order valence-electron chi connectivity index (χ4n) is 2.79. The number of nitrogens with one attached hydrogen (secondary N) is 2. The molecule has 0 radical (unpaired) electrons.